The molecule has 2 atom stereocenters. The monoisotopic (exact) mass is 257 g/mol. The third-order valence-corrected chi connectivity index (χ3v) is 2.44. The number of aliphatic hydroxyl groups is 2. The highest BCUT2D eigenvalue weighted by Crippen LogP contribution is 2.11. The lowest BCUT2D eigenvalue weighted by molar-refractivity contribution is 0.104. The molecule has 0 saturated carbocycles. The van der Waals surface area contributed by atoms with Gasteiger partial charge in [0.15, 0.2) is 0 Å². The van der Waals surface area contributed by atoms with E-state index in [0.29, 0.717) is 18.8 Å². The van der Waals surface area contributed by atoms with Crippen LogP contribution in [0.1, 0.15) is 6.92 Å². The molecule has 18 heavy (non-hydrogen) atoms. The van der Waals surface area contributed by atoms with E-state index >= 15 is 0 Å². The van der Waals surface area contributed by atoms with Crippen LogP contribution < -0.4 is 10.1 Å². The zero-order chi connectivity index (χ0) is 13.4. The van der Waals surface area contributed by atoms with Gasteiger partial charge in [0.1, 0.15) is 24.3 Å². The van der Waals surface area contributed by atoms with E-state index in [0.717, 1.165) is 0 Å². The number of benzene rings is 1. The zero-order valence-electron chi connectivity index (χ0n) is 10.5. The van der Waals surface area contributed by atoms with Crippen LogP contribution in [0.5, 0.6) is 5.75 Å². The lowest BCUT2D eigenvalue weighted by Gasteiger charge is -2.14. The number of hydrogen-bond acceptors (Lipinski definition) is 4. The maximum atomic E-state index is 12.6. The normalized spacial score (nSPS) is 14.2. The number of ether oxygens (including phenoxy) is 1. The van der Waals surface area contributed by atoms with E-state index in [4.69, 9.17) is 9.84 Å². The van der Waals surface area contributed by atoms with Crippen molar-refractivity contribution in [2.75, 3.05) is 26.3 Å². The number of halogens is 1. The van der Waals surface area contributed by atoms with Crippen molar-refractivity contribution in [2.24, 2.45) is 5.92 Å². The van der Waals surface area contributed by atoms with Crippen LogP contribution in [0.25, 0.3) is 0 Å². The van der Waals surface area contributed by atoms with Crippen LogP contribution >= 0.6 is 0 Å². The Morgan fingerprint density at radius 3 is 2.56 bits per heavy atom. The molecule has 3 N–H and O–H groups in total. The second-order valence-corrected chi connectivity index (χ2v) is 4.36. The van der Waals surface area contributed by atoms with Gasteiger partial charge in [-0.3, -0.25) is 0 Å². The molecule has 0 bridgehead atoms. The Morgan fingerprint density at radius 1 is 1.28 bits per heavy atom. The SMILES string of the molecule is CC(CO)CNCC(O)COc1ccc(F)cc1. The molecule has 0 amide bonds. The minimum absolute atomic E-state index is 0.120. The molecule has 1 aromatic carbocycles. The van der Waals surface area contributed by atoms with Crippen LogP contribution in [0.3, 0.4) is 0 Å². The summed E-state index contributed by atoms with van der Waals surface area (Å²) in [6, 6.07) is 5.65. The third-order valence-electron chi connectivity index (χ3n) is 2.44. The fourth-order valence-electron chi connectivity index (χ4n) is 1.34. The molecule has 2 unspecified atom stereocenters. The average Bonchev–Trinajstić information content (AvgIpc) is 2.38. The Kier molecular flexibility index (Phi) is 6.64. The molecule has 1 rings (SSSR count). The van der Waals surface area contributed by atoms with E-state index in [1.165, 1.54) is 24.3 Å². The summed E-state index contributed by atoms with van der Waals surface area (Å²) in [4.78, 5) is 0. The van der Waals surface area contributed by atoms with Gasteiger partial charge >= 0.3 is 0 Å². The summed E-state index contributed by atoms with van der Waals surface area (Å²) in [5, 5.41) is 21.5. The Bertz CT molecular complexity index is 332. The fraction of sp³-hybridized carbons (Fsp3) is 0.538. The molecular formula is C13H20FNO3. The maximum Gasteiger partial charge on any atom is 0.123 e. The largest absolute Gasteiger partial charge is 0.491 e. The van der Waals surface area contributed by atoms with Crippen molar-refractivity contribution < 1.29 is 19.3 Å². The topological polar surface area (TPSA) is 61.7 Å². The van der Waals surface area contributed by atoms with E-state index in [1.807, 2.05) is 6.92 Å². The molecule has 0 aliphatic rings. The van der Waals surface area contributed by atoms with Crippen LogP contribution in [0.4, 0.5) is 4.39 Å². The Hall–Kier alpha value is -1.17. The van der Waals surface area contributed by atoms with Gasteiger partial charge in [-0.1, -0.05) is 6.92 Å². The second kappa shape index (κ2) is 8.02. The van der Waals surface area contributed by atoms with Gasteiger partial charge in [-0.25, -0.2) is 4.39 Å². The predicted octanol–water partition coefficient (Wildman–Crippen LogP) is 0.783. The van der Waals surface area contributed by atoms with Gasteiger partial charge in [0, 0.05) is 13.2 Å². The van der Waals surface area contributed by atoms with Gasteiger partial charge in [0.05, 0.1) is 0 Å². The molecule has 1 aromatic rings. The molecule has 0 spiro atoms. The van der Waals surface area contributed by atoms with Crippen molar-refractivity contribution in [3.8, 4) is 5.75 Å². The minimum Gasteiger partial charge on any atom is -0.491 e. The molecule has 0 heterocycles. The van der Waals surface area contributed by atoms with Crippen LogP contribution in [0.15, 0.2) is 24.3 Å². The van der Waals surface area contributed by atoms with Gasteiger partial charge < -0.3 is 20.3 Å². The Balaban J connectivity index is 2.16. The first kappa shape index (κ1) is 14.9. The Morgan fingerprint density at radius 2 is 1.94 bits per heavy atom. The highest BCUT2D eigenvalue weighted by atomic mass is 19.1. The highest BCUT2D eigenvalue weighted by molar-refractivity contribution is 5.22. The summed E-state index contributed by atoms with van der Waals surface area (Å²) >= 11 is 0. The molecule has 0 saturated heterocycles. The molecule has 102 valence electrons. The number of rotatable bonds is 8. The first-order chi connectivity index (χ1) is 8.61. The van der Waals surface area contributed by atoms with Gasteiger partial charge in [0.25, 0.3) is 0 Å². The second-order valence-electron chi connectivity index (χ2n) is 4.36. The van der Waals surface area contributed by atoms with Gasteiger partial charge in [0.2, 0.25) is 0 Å². The number of aliphatic hydroxyl groups excluding tert-OH is 2. The molecule has 0 aliphatic heterocycles. The van der Waals surface area contributed by atoms with Crippen molar-refractivity contribution in [3.63, 3.8) is 0 Å². The molecule has 5 heteroatoms. The lowest BCUT2D eigenvalue weighted by atomic mass is 10.2. The quantitative estimate of drug-likeness (QED) is 0.644. The summed E-state index contributed by atoms with van der Waals surface area (Å²) in [5.41, 5.74) is 0. The molecule has 0 radical (unpaired) electrons. The molecule has 0 fully saturated rings. The van der Waals surface area contributed by atoms with Crippen LogP contribution in [0.2, 0.25) is 0 Å². The first-order valence-electron chi connectivity index (χ1n) is 6.00. The van der Waals surface area contributed by atoms with Crippen LogP contribution in [0, 0.1) is 11.7 Å². The smallest absolute Gasteiger partial charge is 0.123 e. The summed E-state index contributed by atoms with van der Waals surface area (Å²) in [5.74, 6) is 0.372. The van der Waals surface area contributed by atoms with Gasteiger partial charge in [-0.05, 0) is 36.7 Å². The van der Waals surface area contributed by atoms with Crippen molar-refractivity contribution >= 4 is 0 Å². The van der Waals surface area contributed by atoms with E-state index in [-0.39, 0.29) is 24.9 Å². The number of nitrogens with one attached hydrogen (secondary N) is 1. The van der Waals surface area contributed by atoms with E-state index in [1.54, 1.807) is 0 Å². The maximum absolute atomic E-state index is 12.6. The van der Waals surface area contributed by atoms with Gasteiger partial charge in [-0.15, -0.1) is 0 Å². The van der Waals surface area contributed by atoms with Crippen molar-refractivity contribution in [1.29, 1.82) is 0 Å². The number of hydrogen-bond donors (Lipinski definition) is 3. The molecule has 4 nitrogen and oxygen atoms in total. The van der Waals surface area contributed by atoms with Crippen molar-refractivity contribution in [2.45, 2.75) is 13.0 Å². The lowest BCUT2D eigenvalue weighted by Crippen LogP contribution is -2.34. The molecule has 0 aromatic heterocycles. The predicted molar refractivity (Wildman–Crippen MR) is 67.0 cm³/mol. The van der Waals surface area contributed by atoms with Gasteiger partial charge in [-0.2, -0.15) is 0 Å². The van der Waals surface area contributed by atoms with Crippen molar-refractivity contribution in [1.82, 2.24) is 5.32 Å². The average molecular weight is 257 g/mol. The summed E-state index contributed by atoms with van der Waals surface area (Å²) in [7, 11) is 0. The Labute approximate surface area is 106 Å². The van der Waals surface area contributed by atoms with Crippen molar-refractivity contribution in [3.05, 3.63) is 30.1 Å². The molecular weight excluding hydrogens is 237 g/mol. The fourth-order valence-corrected chi connectivity index (χ4v) is 1.34. The standard InChI is InChI=1S/C13H20FNO3/c1-10(8-16)6-15-7-12(17)9-18-13-4-2-11(14)3-5-13/h2-5,10,12,15-17H,6-9H2,1H3. The van der Waals surface area contributed by atoms with Crippen LogP contribution in [-0.4, -0.2) is 42.6 Å². The summed E-state index contributed by atoms with van der Waals surface area (Å²) in [6.45, 7) is 3.21. The first-order valence-corrected chi connectivity index (χ1v) is 6.00. The highest BCUT2D eigenvalue weighted by Gasteiger charge is 2.06. The van der Waals surface area contributed by atoms with Crippen LogP contribution in [-0.2, 0) is 0 Å². The van der Waals surface area contributed by atoms with E-state index < -0.39 is 6.10 Å². The molecule has 0 aliphatic carbocycles. The van der Waals surface area contributed by atoms with E-state index in [9.17, 15) is 9.50 Å². The zero-order valence-corrected chi connectivity index (χ0v) is 10.5. The third kappa shape index (κ3) is 5.95. The van der Waals surface area contributed by atoms with E-state index in [2.05, 4.69) is 5.32 Å². The summed E-state index contributed by atoms with van der Waals surface area (Å²) < 4.78 is 17.9. The summed E-state index contributed by atoms with van der Waals surface area (Å²) in [6.07, 6.45) is -0.638. The minimum atomic E-state index is -0.638.